The smallest absolute Gasteiger partial charge is 0.143 e. The van der Waals surface area contributed by atoms with Crippen molar-refractivity contribution in [3.8, 4) is 44.7 Å². The van der Waals surface area contributed by atoms with Gasteiger partial charge in [-0.2, -0.15) is 0 Å². The van der Waals surface area contributed by atoms with E-state index in [4.69, 9.17) is 4.42 Å². The second kappa shape index (κ2) is 15.4. The average Bonchev–Trinajstić information content (AvgIpc) is 3.71. The standard InChI is InChI=1S/C60H51NO/c1-59(2,3)46-28-36-51-52-37-29-47(60(4,5)6)39-54(52)58-56(53(51)38-46)55(44-20-14-9-15-21-44)57(62-58)45-26-34-50(35-27-45)61(48-30-22-42(23-31-48)40-16-10-7-11-17-40)49-32-24-43(25-33-49)41-18-12-8-13-19-41/h7-39H,1-6H3. The fraction of sp³-hybridized carbons (Fsp3) is 0.133. The summed E-state index contributed by atoms with van der Waals surface area (Å²) in [6, 6.07) is 72.6. The second-order valence-electron chi connectivity index (χ2n) is 18.6. The van der Waals surface area contributed by atoms with E-state index in [1.807, 2.05) is 0 Å². The predicted molar refractivity (Wildman–Crippen MR) is 265 cm³/mol. The summed E-state index contributed by atoms with van der Waals surface area (Å²) < 4.78 is 7.32. The Morgan fingerprint density at radius 3 is 1.15 bits per heavy atom. The van der Waals surface area contributed by atoms with Crippen LogP contribution in [0.25, 0.3) is 77.2 Å². The highest BCUT2D eigenvalue weighted by molar-refractivity contribution is 6.28. The van der Waals surface area contributed by atoms with Crippen molar-refractivity contribution in [3.63, 3.8) is 0 Å². The van der Waals surface area contributed by atoms with Gasteiger partial charge in [-0.3, -0.25) is 0 Å². The van der Waals surface area contributed by atoms with Crippen LogP contribution >= 0.6 is 0 Å². The summed E-state index contributed by atoms with van der Waals surface area (Å²) >= 11 is 0. The van der Waals surface area contributed by atoms with Crippen LogP contribution in [0.4, 0.5) is 17.1 Å². The van der Waals surface area contributed by atoms with Crippen LogP contribution in [0, 0.1) is 0 Å². The van der Waals surface area contributed by atoms with E-state index in [0.717, 1.165) is 55.9 Å². The minimum absolute atomic E-state index is 0.0174. The van der Waals surface area contributed by atoms with E-state index < -0.39 is 0 Å². The van der Waals surface area contributed by atoms with E-state index in [-0.39, 0.29) is 10.8 Å². The third kappa shape index (κ3) is 7.16. The van der Waals surface area contributed by atoms with Gasteiger partial charge in [0.05, 0.1) is 0 Å². The first-order valence-electron chi connectivity index (χ1n) is 21.8. The van der Waals surface area contributed by atoms with Gasteiger partial charge in [-0.25, -0.2) is 0 Å². The minimum Gasteiger partial charge on any atom is -0.455 e. The molecule has 0 spiro atoms. The minimum atomic E-state index is -0.0192. The lowest BCUT2D eigenvalue weighted by Gasteiger charge is -2.26. The second-order valence-corrected chi connectivity index (χ2v) is 18.6. The maximum Gasteiger partial charge on any atom is 0.143 e. The Morgan fingerprint density at radius 2 is 0.710 bits per heavy atom. The lowest BCUT2D eigenvalue weighted by molar-refractivity contribution is 0.590. The fourth-order valence-corrected chi connectivity index (χ4v) is 8.92. The summed E-state index contributed by atoms with van der Waals surface area (Å²) in [6.07, 6.45) is 0. The summed E-state index contributed by atoms with van der Waals surface area (Å²) in [6.45, 7) is 13.7. The zero-order valence-electron chi connectivity index (χ0n) is 36.4. The van der Waals surface area contributed by atoms with Crippen LogP contribution in [-0.2, 0) is 10.8 Å². The lowest BCUT2D eigenvalue weighted by Crippen LogP contribution is -2.11. The highest BCUT2D eigenvalue weighted by Gasteiger charge is 2.26. The van der Waals surface area contributed by atoms with E-state index in [2.05, 4.69) is 247 Å². The molecule has 62 heavy (non-hydrogen) atoms. The fourth-order valence-electron chi connectivity index (χ4n) is 8.92. The molecule has 0 N–H and O–H groups in total. The topological polar surface area (TPSA) is 16.4 Å². The molecule has 0 saturated heterocycles. The molecular weight excluding hydrogens is 751 g/mol. The summed E-state index contributed by atoms with van der Waals surface area (Å²) in [5.74, 6) is 0.875. The normalized spacial score (nSPS) is 12.0. The zero-order chi connectivity index (χ0) is 42.6. The first-order chi connectivity index (χ1) is 30.0. The van der Waals surface area contributed by atoms with Crippen molar-refractivity contribution in [1.29, 1.82) is 0 Å². The number of anilines is 3. The molecule has 0 fully saturated rings. The van der Waals surface area contributed by atoms with Crippen LogP contribution in [0.1, 0.15) is 52.7 Å². The summed E-state index contributed by atoms with van der Waals surface area (Å²) in [5, 5.41) is 5.98. The molecule has 9 aromatic carbocycles. The van der Waals surface area contributed by atoms with E-state index in [1.165, 1.54) is 49.5 Å². The number of benzene rings is 9. The first-order valence-corrected chi connectivity index (χ1v) is 21.8. The maximum absolute atomic E-state index is 7.32. The Balaban J connectivity index is 1.16. The molecule has 2 heteroatoms. The largest absolute Gasteiger partial charge is 0.455 e. The number of hydrogen-bond donors (Lipinski definition) is 0. The third-order valence-electron chi connectivity index (χ3n) is 12.4. The Kier molecular flexibility index (Phi) is 9.68. The van der Waals surface area contributed by atoms with Gasteiger partial charge in [-0.15, -0.1) is 0 Å². The van der Waals surface area contributed by atoms with E-state index in [9.17, 15) is 0 Å². The van der Waals surface area contributed by atoms with Gasteiger partial charge in [0.2, 0.25) is 0 Å². The molecule has 2 nitrogen and oxygen atoms in total. The lowest BCUT2D eigenvalue weighted by atomic mass is 9.82. The molecule has 10 rings (SSSR count). The molecule has 1 heterocycles. The highest BCUT2D eigenvalue weighted by Crippen LogP contribution is 2.49. The van der Waals surface area contributed by atoms with Crippen LogP contribution in [-0.4, -0.2) is 0 Å². The SMILES string of the molecule is CC(C)(C)c1ccc2c3ccc(C(C)(C)C)cc3c3c(-c4ccccc4)c(-c4ccc(N(c5ccc(-c6ccccc6)cc5)c5ccc(-c6ccccc6)cc5)cc4)oc3c2c1. The average molecular weight is 802 g/mol. The molecule has 0 atom stereocenters. The van der Waals surface area contributed by atoms with Gasteiger partial charge < -0.3 is 9.32 Å². The van der Waals surface area contributed by atoms with Gasteiger partial charge in [-0.05, 0) is 127 Å². The molecule has 0 aliphatic carbocycles. The van der Waals surface area contributed by atoms with E-state index >= 15 is 0 Å². The molecule has 0 bridgehead atoms. The summed E-state index contributed by atoms with van der Waals surface area (Å²) in [4.78, 5) is 2.34. The van der Waals surface area contributed by atoms with Crippen molar-refractivity contribution in [2.45, 2.75) is 52.4 Å². The Bertz CT molecular complexity index is 3100. The quantitative estimate of drug-likeness (QED) is 0.149. The molecule has 0 aliphatic rings. The van der Waals surface area contributed by atoms with Crippen LogP contribution in [0.3, 0.4) is 0 Å². The van der Waals surface area contributed by atoms with Gasteiger partial charge in [0.15, 0.2) is 0 Å². The summed E-state index contributed by atoms with van der Waals surface area (Å²) in [5.41, 5.74) is 14.8. The van der Waals surface area contributed by atoms with Crippen LogP contribution in [0.2, 0.25) is 0 Å². The molecule has 302 valence electrons. The first kappa shape index (κ1) is 39.0. The molecule has 0 aliphatic heterocycles. The number of hydrogen-bond acceptors (Lipinski definition) is 2. The molecule has 0 amide bonds. The van der Waals surface area contributed by atoms with Crippen LogP contribution in [0.15, 0.2) is 205 Å². The molecule has 0 radical (unpaired) electrons. The molecule has 0 saturated carbocycles. The van der Waals surface area contributed by atoms with E-state index in [1.54, 1.807) is 0 Å². The summed E-state index contributed by atoms with van der Waals surface area (Å²) in [7, 11) is 0. The van der Waals surface area contributed by atoms with Gasteiger partial charge in [0.1, 0.15) is 11.3 Å². The van der Waals surface area contributed by atoms with E-state index in [0.29, 0.717) is 0 Å². The van der Waals surface area contributed by atoms with Crippen molar-refractivity contribution in [2.75, 3.05) is 4.90 Å². The van der Waals surface area contributed by atoms with Gasteiger partial charge >= 0.3 is 0 Å². The number of rotatable bonds is 7. The zero-order valence-corrected chi connectivity index (χ0v) is 36.4. The third-order valence-corrected chi connectivity index (χ3v) is 12.4. The van der Waals surface area contributed by atoms with Crippen molar-refractivity contribution >= 4 is 49.6 Å². The Hall–Kier alpha value is -7.16. The van der Waals surface area contributed by atoms with Gasteiger partial charge in [0.25, 0.3) is 0 Å². The highest BCUT2D eigenvalue weighted by atomic mass is 16.3. The van der Waals surface area contributed by atoms with Crippen molar-refractivity contribution in [3.05, 3.63) is 211 Å². The number of nitrogens with zero attached hydrogens (tertiary/aromatic N) is 1. The van der Waals surface area contributed by atoms with Gasteiger partial charge in [-0.1, -0.05) is 181 Å². The maximum atomic E-state index is 7.32. The monoisotopic (exact) mass is 801 g/mol. The van der Waals surface area contributed by atoms with Crippen molar-refractivity contribution in [2.24, 2.45) is 0 Å². The molecule has 1 aromatic heterocycles. The number of furan rings is 1. The van der Waals surface area contributed by atoms with Crippen molar-refractivity contribution in [1.82, 2.24) is 0 Å². The predicted octanol–water partition coefficient (Wildman–Crippen LogP) is 17.5. The molecule has 10 aromatic rings. The van der Waals surface area contributed by atoms with Crippen LogP contribution in [0.5, 0.6) is 0 Å². The molecular formula is C60H51NO. The Labute approximate surface area is 365 Å². The molecule has 0 unspecified atom stereocenters. The van der Waals surface area contributed by atoms with Crippen molar-refractivity contribution < 1.29 is 4.42 Å². The van der Waals surface area contributed by atoms with Gasteiger partial charge in [0, 0.05) is 39.0 Å². The van der Waals surface area contributed by atoms with Crippen LogP contribution < -0.4 is 4.90 Å². The Morgan fingerprint density at radius 1 is 0.339 bits per heavy atom. The number of fused-ring (bicyclic) bond motifs is 6.